The van der Waals surface area contributed by atoms with Crippen LogP contribution in [0.2, 0.25) is 0 Å². The van der Waals surface area contributed by atoms with Gasteiger partial charge in [-0.15, -0.1) is 0 Å². The Bertz CT molecular complexity index is 577. The summed E-state index contributed by atoms with van der Waals surface area (Å²) < 4.78 is 39.4. The lowest BCUT2D eigenvalue weighted by atomic mass is 9.99. The summed E-state index contributed by atoms with van der Waals surface area (Å²) in [6, 6.07) is 4.19. The smallest absolute Gasteiger partial charge is 0.155 e. The van der Waals surface area contributed by atoms with E-state index in [0.717, 1.165) is 10.9 Å². The van der Waals surface area contributed by atoms with Crippen molar-refractivity contribution in [3.05, 3.63) is 34.1 Å². The van der Waals surface area contributed by atoms with Crippen LogP contribution in [-0.2, 0) is 9.84 Å². The summed E-state index contributed by atoms with van der Waals surface area (Å²) in [4.78, 5) is 0. The molecule has 1 fully saturated rings. The molecule has 0 spiro atoms. The minimum atomic E-state index is -3.17. The van der Waals surface area contributed by atoms with Gasteiger partial charge in [0.2, 0.25) is 0 Å². The largest absolute Gasteiger partial charge is 0.309 e. The standard InChI is InChI=1S/C14H19BrFNO2S/c1-2-17-14(11-9-10(15)6-7-12(11)16)13-5-3-4-8-20(13,18)19/h6-7,9,13-14,17H,2-5,8H2,1H3. The normalized spacial score (nSPS) is 23.4. The summed E-state index contributed by atoms with van der Waals surface area (Å²) in [6.45, 7) is 2.50. The van der Waals surface area contributed by atoms with Gasteiger partial charge < -0.3 is 5.32 Å². The van der Waals surface area contributed by atoms with E-state index in [9.17, 15) is 12.8 Å². The van der Waals surface area contributed by atoms with Crippen molar-refractivity contribution < 1.29 is 12.8 Å². The fourth-order valence-corrected chi connectivity index (χ4v) is 5.24. The van der Waals surface area contributed by atoms with Gasteiger partial charge in [-0.1, -0.05) is 29.3 Å². The van der Waals surface area contributed by atoms with E-state index in [1.807, 2.05) is 6.92 Å². The van der Waals surface area contributed by atoms with Gasteiger partial charge in [-0.3, -0.25) is 0 Å². The maximum Gasteiger partial charge on any atom is 0.155 e. The van der Waals surface area contributed by atoms with E-state index in [-0.39, 0.29) is 11.6 Å². The molecule has 1 heterocycles. The molecule has 2 atom stereocenters. The maximum absolute atomic E-state index is 14.1. The van der Waals surface area contributed by atoms with Crippen LogP contribution < -0.4 is 5.32 Å². The van der Waals surface area contributed by atoms with Crippen LogP contribution >= 0.6 is 15.9 Å². The third kappa shape index (κ3) is 3.40. The summed E-state index contributed by atoms with van der Waals surface area (Å²) >= 11 is 3.32. The molecule has 6 heteroatoms. The molecule has 0 radical (unpaired) electrons. The third-order valence-corrected chi connectivity index (χ3v) is 6.50. The van der Waals surface area contributed by atoms with Gasteiger partial charge in [0, 0.05) is 10.0 Å². The molecule has 2 unspecified atom stereocenters. The lowest BCUT2D eigenvalue weighted by molar-refractivity contribution is 0.440. The lowest BCUT2D eigenvalue weighted by Crippen LogP contribution is -2.41. The van der Waals surface area contributed by atoms with Gasteiger partial charge in [0.25, 0.3) is 0 Å². The minimum Gasteiger partial charge on any atom is -0.309 e. The van der Waals surface area contributed by atoms with Crippen LogP contribution in [0.25, 0.3) is 0 Å². The Morgan fingerprint density at radius 2 is 2.20 bits per heavy atom. The van der Waals surface area contributed by atoms with Crippen LogP contribution in [-0.4, -0.2) is 26.0 Å². The molecule has 3 nitrogen and oxygen atoms in total. The highest BCUT2D eigenvalue weighted by Crippen LogP contribution is 2.33. The molecule has 0 saturated carbocycles. The van der Waals surface area contributed by atoms with Gasteiger partial charge in [-0.2, -0.15) is 0 Å². The first kappa shape index (κ1) is 15.9. The molecular weight excluding hydrogens is 345 g/mol. The average Bonchev–Trinajstić information content (AvgIpc) is 2.39. The zero-order chi connectivity index (χ0) is 14.8. The number of sulfone groups is 1. The Morgan fingerprint density at radius 1 is 1.45 bits per heavy atom. The van der Waals surface area contributed by atoms with E-state index in [2.05, 4.69) is 21.2 Å². The average molecular weight is 364 g/mol. The Morgan fingerprint density at radius 3 is 2.85 bits per heavy atom. The van der Waals surface area contributed by atoms with Crippen LogP contribution in [0.1, 0.15) is 37.8 Å². The van der Waals surface area contributed by atoms with Crippen LogP contribution in [0.5, 0.6) is 0 Å². The topological polar surface area (TPSA) is 46.2 Å². The molecule has 1 aliphatic heterocycles. The van der Waals surface area contributed by atoms with Gasteiger partial charge in [0.05, 0.1) is 17.0 Å². The monoisotopic (exact) mass is 363 g/mol. The summed E-state index contributed by atoms with van der Waals surface area (Å²) in [6.07, 6.45) is 2.17. The fourth-order valence-electron chi connectivity index (χ4n) is 2.77. The van der Waals surface area contributed by atoms with Crippen molar-refractivity contribution in [1.29, 1.82) is 0 Å². The number of hydrogen-bond acceptors (Lipinski definition) is 3. The Hall–Kier alpha value is -0.460. The van der Waals surface area contributed by atoms with E-state index in [0.29, 0.717) is 24.9 Å². The minimum absolute atomic E-state index is 0.204. The molecule has 20 heavy (non-hydrogen) atoms. The first-order valence-electron chi connectivity index (χ1n) is 6.85. The molecule has 0 aromatic heterocycles. The summed E-state index contributed by atoms with van der Waals surface area (Å²) in [7, 11) is -3.17. The molecular formula is C14H19BrFNO2S. The first-order chi connectivity index (χ1) is 9.45. The molecule has 0 aliphatic carbocycles. The maximum atomic E-state index is 14.1. The first-order valence-corrected chi connectivity index (χ1v) is 9.36. The van der Waals surface area contributed by atoms with Gasteiger partial charge in [0.1, 0.15) is 5.82 Å². The van der Waals surface area contributed by atoms with Gasteiger partial charge in [-0.05, 0) is 37.6 Å². The van der Waals surface area contributed by atoms with Crippen molar-refractivity contribution in [2.45, 2.75) is 37.5 Å². The second-order valence-electron chi connectivity index (χ2n) is 5.10. The zero-order valence-electron chi connectivity index (χ0n) is 11.4. The second-order valence-corrected chi connectivity index (χ2v) is 8.36. The third-order valence-electron chi connectivity index (χ3n) is 3.72. The predicted octanol–water partition coefficient (Wildman–Crippen LogP) is 3.21. The molecule has 112 valence electrons. The summed E-state index contributed by atoms with van der Waals surface area (Å²) in [5.74, 6) is -0.158. The van der Waals surface area contributed by atoms with Crippen LogP contribution in [0, 0.1) is 5.82 Å². The van der Waals surface area contributed by atoms with Gasteiger partial charge in [0.15, 0.2) is 9.84 Å². The molecule has 0 bridgehead atoms. The molecule has 1 saturated heterocycles. The highest BCUT2D eigenvalue weighted by molar-refractivity contribution is 9.10. The highest BCUT2D eigenvalue weighted by Gasteiger charge is 2.37. The number of benzene rings is 1. The van der Waals surface area contributed by atoms with E-state index in [1.165, 1.54) is 6.07 Å². The number of nitrogens with one attached hydrogen (secondary N) is 1. The van der Waals surface area contributed by atoms with E-state index in [1.54, 1.807) is 12.1 Å². The van der Waals surface area contributed by atoms with E-state index in [4.69, 9.17) is 0 Å². The van der Waals surface area contributed by atoms with Gasteiger partial charge >= 0.3 is 0 Å². The fraction of sp³-hybridized carbons (Fsp3) is 0.571. The lowest BCUT2D eigenvalue weighted by Gasteiger charge is -2.31. The molecule has 0 amide bonds. The van der Waals surface area contributed by atoms with E-state index < -0.39 is 21.1 Å². The van der Waals surface area contributed by atoms with Crippen molar-refractivity contribution >= 4 is 25.8 Å². The molecule has 1 aromatic rings. The zero-order valence-corrected chi connectivity index (χ0v) is 13.8. The summed E-state index contributed by atoms with van der Waals surface area (Å²) in [5.41, 5.74) is 0.428. The molecule has 1 N–H and O–H groups in total. The number of rotatable bonds is 4. The second kappa shape index (κ2) is 6.54. The summed E-state index contributed by atoms with van der Waals surface area (Å²) in [5, 5.41) is 2.61. The Kier molecular flexibility index (Phi) is 5.20. The van der Waals surface area contributed by atoms with Crippen LogP contribution in [0.4, 0.5) is 4.39 Å². The van der Waals surface area contributed by atoms with Gasteiger partial charge in [-0.25, -0.2) is 12.8 Å². The van der Waals surface area contributed by atoms with Crippen molar-refractivity contribution in [3.63, 3.8) is 0 Å². The van der Waals surface area contributed by atoms with Crippen molar-refractivity contribution in [2.24, 2.45) is 0 Å². The predicted molar refractivity (Wildman–Crippen MR) is 81.9 cm³/mol. The van der Waals surface area contributed by atoms with E-state index >= 15 is 0 Å². The van der Waals surface area contributed by atoms with Crippen LogP contribution in [0.3, 0.4) is 0 Å². The number of hydrogen-bond donors (Lipinski definition) is 1. The molecule has 1 aromatic carbocycles. The molecule has 1 aliphatic rings. The Labute approximate surface area is 128 Å². The van der Waals surface area contributed by atoms with Crippen molar-refractivity contribution in [2.75, 3.05) is 12.3 Å². The van der Waals surface area contributed by atoms with Crippen molar-refractivity contribution in [1.82, 2.24) is 5.32 Å². The quantitative estimate of drug-likeness (QED) is 0.893. The van der Waals surface area contributed by atoms with Crippen molar-refractivity contribution in [3.8, 4) is 0 Å². The van der Waals surface area contributed by atoms with Crippen LogP contribution in [0.15, 0.2) is 22.7 Å². The SMILES string of the molecule is CCNC(c1cc(Br)ccc1F)C1CCCCS1(=O)=O. The Balaban J connectivity index is 2.42. The molecule has 2 rings (SSSR count). The highest BCUT2D eigenvalue weighted by atomic mass is 79.9. The number of halogens is 2.